The third-order valence-corrected chi connectivity index (χ3v) is 4.93. The molecule has 1 saturated heterocycles. The van der Waals surface area contributed by atoms with Gasteiger partial charge in [0.2, 0.25) is 5.91 Å². The number of nitrogens with two attached hydrogens (primary N) is 1. The molecule has 2 aromatic rings. The molecule has 2 aromatic carbocycles. The number of hydrogen-bond acceptors (Lipinski definition) is 3. The first-order valence-corrected chi connectivity index (χ1v) is 9.13. The minimum atomic E-state index is 0. The van der Waals surface area contributed by atoms with Crippen LogP contribution < -0.4 is 11.1 Å². The zero-order chi connectivity index (χ0) is 17.5. The number of anilines is 1. The quantitative estimate of drug-likeness (QED) is 0.679. The molecule has 1 amide bonds. The molecule has 0 aliphatic carbocycles. The van der Waals surface area contributed by atoms with Crippen LogP contribution in [0.25, 0.3) is 0 Å². The van der Waals surface area contributed by atoms with Gasteiger partial charge >= 0.3 is 0 Å². The zero-order valence-electron chi connectivity index (χ0n) is 15.5. The molecule has 1 fully saturated rings. The van der Waals surface area contributed by atoms with Crippen LogP contribution >= 0.6 is 24.8 Å². The molecule has 1 heterocycles. The second kappa shape index (κ2) is 11.9. The van der Waals surface area contributed by atoms with E-state index in [-0.39, 0.29) is 36.8 Å². The Kier molecular flexibility index (Phi) is 10.2. The number of nitrogen functional groups attached to an aromatic ring is 1. The summed E-state index contributed by atoms with van der Waals surface area (Å²) in [7, 11) is 0. The van der Waals surface area contributed by atoms with Crippen molar-refractivity contribution in [3.8, 4) is 0 Å². The first kappa shape index (κ1) is 23.3. The van der Waals surface area contributed by atoms with E-state index in [2.05, 4.69) is 34.5 Å². The highest BCUT2D eigenvalue weighted by atomic mass is 35.5. The summed E-state index contributed by atoms with van der Waals surface area (Å²) in [6.07, 6.45) is 3.63. The van der Waals surface area contributed by atoms with Crippen LogP contribution in [0.15, 0.2) is 54.6 Å². The number of para-hydroxylation sites is 1. The van der Waals surface area contributed by atoms with Crippen molar-refractivity contribution in [2.24, 2.45) is 0 Å². The van der Waals surface area contributed by atoms with E-state index in [1.54, 1.807) is 0 Å². The van der Waals surface area contributed by atoms with Crippen molar-refractivity contribution in [3.63, 3.8) is 0 Å². The van der Waals surface area contributed by atoms with E-state index in [9.17, 15) is 4.79 Å². The topological polar surface area (TPSA) is 58.4 Å². The Labute approximate surface area is 174 Å². The highest BCUT2D eigenvalue weighted by Gasteiger charge is 2.23. The van der Waals surface area contributed by atoms with Crippen LogP contribution in [0.2, 0.25) is 0 Å². The van der Waals surface area contributed by atoms with Crippen LogP contribution in [0, 0.1) is 0 Å². The van der Waals surface area contributed by atoms with Gasteiger partial charge in [0.15, 0.2) is 0 Å². The van der Waals surface area contributed by atoms with Gasteiger partial charge in [0.25, 0.3) is 0 Å². The van der Waals surface area contributed by atoms with Gasteiger partial charge in [-0.3, -0.25) is 9.69 Å². The van der Waals surface area contributed by atoms with Crippen molar-refractivity contribution >= 4 is 36.4 Å². The van der Waals surface area contributed by atoms with Crippen LogP contribution in [0.1, 0.15) is 36.4 Å². The first-order chi connectivity index (χ1) is 12.2. The Bertz CT molecular complexity index is 691. The van der Waals surface area contributed by atoms with Crippen molar-refractivity contribution < 1.29 is 4.79 Å². The number of nitrogens with zero attached hydrogens (tertiary/aromatic N) is 1. The normalized spacial score (nSPS) is 14.7. The fourth-order valence-corrected chi connectivity index (χ4v) is 3.50. The van der Waals surface area contributed by atoms with Gasteiger partial charge in [-0.15, -0.1) is 24.8 Å². The van der Waals surface area contributed by atoms with E-state index in [1.807, 2.05) is 30.3 Å². The highest BCUT2D eigenvalue weighted by molar-refractivity contribution is 5.85. The largest absolute Gasteiger partial charge is 0.399 e. The molecular weight excluding hydrogens is 381 g/mol. The van der Waals surface area contributed by atoms with Crippen LogP contribution in [-0.4, -0.2) is 30.4 Å². The lowest BCUT2D eigenvalue weighted by molar-refractivity contribution is -0.121. The number of carbonyl (C=O) groups excluding carboxylic acids is 1. The lowest BCUT2D eigenvalue weighted by Crippen LogP contribution is -2.36. The Hall–Kier alpha value is -1.75. The van der Waals surface area contributed by atoms with Crippen molar-refractivity contribution in [1.29, 1.82) is 0 Å². The molecule has 1 aliphatic rings. The highest BCUT2D eigenvalue weighted by Crippen LogP contribution is 2.24. The van der Waals surface area contributed by atoms with Gasteiger partial charge in [-0.1, -0.05) is 48.5 Å². The summed E-state index contributed by atoms with van der Waals surface area (Å²) in [6.45, 7) is 2.87. The summed E-state index contributed by atoms with van der Waals surface area (Å²) in [5.74, 6) is 0.0865. The molecular formula is C21H29Cl2N3O. The molecule has 3 N–H and O–H groups in total. The van der Waals surface area contributed by atoms with Gasteiger partial charge in [-0.05, 0) is 49.5 Å². The molecule has 148 valence electrons. The van der Waals surface area contributed by atoms with Gasteiger partial charge < -0.3 is 11.1 Å². The number of nitrogens with one attached hydrogen (secondary N) is 1. The summed E-state index contributed by atoms with van der Waals surface area (Å²) in [5.41, 5.74) is 9.02. The van der Waals surface area contributed by atoms with Crippen molar-refractivity contribution in [1.82, 2.24) is 10.2 Å². The van der Waals surface area contributed by atoms with E-state index in [1.165, 1.54) is 18.4 Å². The molecule has 1 unspecified atom stereocenters. The Balaban J connectivity index is 0.00000182. The minimum Gasteiger partial charge on any atom is -0.399 e. The molecule has 0 saturated carbocycles. The number of benzene rings is 2. The van der Waals surface area contributed by atoms with E-state index in [0.717, 1.165) is 24.3 Å². The molecule has 3 rings (SSSR count). The fraction of sp³-hybridized carbons (Fsp3) is 0.381. The lowest BCUT2D eigenvalue weighted by Gasteiger charge is -2.28. The predicted octanol–water partition coefficient (Wildman–Crippen LogP) is 4.00. The minimum absolute atomic E-state index is 0. The molecule has 0 aromatic heterocycles. The van der Waals surface area contributed by atoms with E-state index in [4.69, 9.17) is 5.73 Å². The van der Waals surface area contributed by atoms with Gasteiger partial charge in [-0.25, -0.2) is 0 Å². The number of rotatable bonds is 7. The van der Waals surface area contributed by atoms with Gasteiger partial charge in [0.05, 0.1) is 6.04 Å². The maximum Gasteiger partial charge on any atom is 0.220 e. The van der Waals surface area contributed by atoms with Crippen molar-refractivity contribution in [2.45, 2.75) is 31.7 Å². The van der Waals surface area contributed by atoms with Crippen molar-refractivity contribution in [3.05, 3.63) is 65.7 Å². The second-order valence-electron chi connectivity index (χ2n) is 6.67. The van der Waals surface area contributed by atoms with Gasteiger partial charge in [0, 0.05) is 18.7 Å². The number of halogens is 2. The zero-order valence-corrected chi connectivity index (χ0v) is 17.1. The number of hydrogen-bond donors (Lipinski definition) is 2. The Morgan fingerprint density at radius 1 is 1.00 bits per heavy atom. The van der Waals surface area contributed by atoms with Gasteiger partial charge in [0.1, 0.15) is 0 Å². The molecule has 0 spiro atoms. The number of aryl methyl sites for hydroxylation is 1. The Morgan fingerprint density at radius 3 is 2.30 bits per heavy atom. The van der Waals surface area contributed by atoms with Crippen molar-refractivity contribution in [2.75, 3.05) is 25.4 Å². The first-order valence-electron chi connectivity index (χ1n) is 9.13. The molecule has 4 nitrogen and oxygen atoms in total. The number of carbonyl (C=O) groups is 1. The molecule has 1 aliphatic heterocycles. The van der Waals surface area contributed by atoms with Crippen LogP contribution in [-0.2, 0) is 11.2 Å². The third-order valence-electron chi connectivity index (χ3n) is 4.93. The van der Waals surface area contributed by atoms with E-state index >= 15 is 0 Å². The molecule has 1 atom stereocenters. The van der Waals surface area contributed by atoms with E-state index in [0.29, 0.717) is 19.4 Å². The Morgan fingerprint density at radius 2 is 1.63 bits per heavy atom. The maximum absolute atomic E-state index is 12.3. The number of likely N-dealkylation sites (tertiary alicyclic amines) is 1. The summed E-state index contributed by atoms with van der Waals surface area (Å²) in [5, 5.41) is 3.13. The van der Waals surface area contributed by atoms with Crippen LogP contribution in [0.5, 0.6) is 0 Å². The fourth-order valence-electron chi connectivity index (χ4n) is 3.50. The average molecular weight is 410 g/mol. The molecule has 0 bridgehead atoms. The predicted molar refractivity (Wildman–Crippen MR) is 117 cm³/mol. The average Bonchev–Trinajstić information content (AvgIpc) is 3.16. The summed E-state index contributed by atoms with van der Waals surface area (Å²) in [6, 6.07) is 18.5. The monoisotopic (exact) mass is 409 g/mol. The SMILES string of the molecule is Cl.Cl.Nc1ccccc1CCC(=O)NCC(c1ccccc1)N1CCCC1. The van der Waals surface area contributed by atoms with E-state index < -0.39 is 0 Å². The van der Waals surface area contributed by atoms with Crippen LogP contribution in [0.3, 0.4) is 0 Å². The summed E-state index contributed by atoms with van der Waals surface area (Å²) >= 11 is 0. The van der Waals surface area contributed by atoms with Gasteiger partial charge in [-0.2, -0.15) is 0 Å². The van der Waals surface area contributed by atoms with Crippen LogP contribution in [0.4, 0.5) is 5.69 Å². The molecule has 27 heavy (non-hydrogen) atoms. The maximum atomic E-state index is 12.3. The summed E-state index contributed by atoms with van der Waals surface area (Å²) < 4.78 is 0. The molecule has 6 heteroatoms. The summed E-state index contributed by atoms with van der Waals surface area (Å²) in [4.78, 5) is 14.8. The molecule has 0 radical (unpaired) electrons. The third kappa shape index (κ3) is 6.73. The number of amides is 1. The second-order valence-corrected chi connectivity index (χ2v) is 6.67. The smallest absolute Gasteiger partial charge is 0.220 e. The lowest BCUT2D eigenvalue weighted by atomic mass is 10.0. The standard InChI is InChI=1S/C21H27N3O.2ClH/c22-19-11-5-4-8-17(19)12-13-21(25)23-16-20(24-14-6-7-15-24)18-9-2-1-3-10-18;;/h1-5,8-11,20H,6-7,12-16,22H2,(H,23,25);2*1H.